The van der Waals surface area contributed by atoms with Crippen molar-refractivity contribution in [3.05, 3.63) is 70.7 Å². The molecule has 3 rings (SSSR count). The van der Waals surface area contributed by atoms with E-state index < -0.39 is 40.6 Å². The number of hydrogen-bond donors (Lipinski definition) is 2. The largest absolute Gasteiger partial charge is 0.360 e. The normalized spacial score (nSPS) is 11.4. The minimum Gasteiger partial charge on any atom is -0.360 e. The van der Waals surface area contributed by atoms with E-state index in [1.165, 1.54) is 6.20 Å². The molecule has 1 amide bonds. The zero-order chi connectivity index (χ0) is 18.1. The van der Waals surface area contributed by atoms with Crippen LogP contribution in [0.15, 0.2) is 35.6 Å². The number of halogens is 5. The van der Waals surface area contributed by atoms with Crippen LogP contribution in [0.5, 0.6) is 0 Å². The van der Waals surface area contributed by atoms with Gasteiger partial charge in [-0.1, -0.05) is 18.2 Å². The van der Waals surface area contributed by atoms with Crippen LogP contribution in [0.25, 0.3) is 10.9 Å². The summed E-state index contributed by atoms with van der Waals surface area (Å²) >= 11 is 0. The average Bonchev–Trinajstić information content (AvgIpc) is 3.05. The van der Waals surface area contributed by atoms with Gasteiger partial charge in [-0.2, -0.15) is 5.10 Å². The summed E-state index contributed by atoms with van der Waals surface area (Å²) < 4.78 is 66.0. The molecule has 25 heavy (non-hydrogen) atoms. The van der Waals surface area contributed by atoms with Crippen molar-refractivity contribution in [3.8, 4) is 0 Å². The van der Waals surface area contributed by atoms with Gasteiger partial charge in [0.05, 0.1) is 17.3 Å². The van der Waals surface area contributed by atoms with Crippen molar-refractivity contribution in [2.24, 2.45) is 5.10 Å². The third kappa shape index (κ3) is 2.84. The van der Waals surface area contributed by atoms with E-state index in [1.807, 2.05) is 5.43 Å². The van der Waals surface area contributed by atoms with Crippen LogP contribution in [0.4, 0.5) is 22.0 Å². The number of nitrogens with zero attached hydrogens (tertiary/aromatic N) is 1. The van der Waals surface area contributed by atoms with E-state index in [0.717, 1.165) is 0 Å². The van der Waals surface area contributed by atoms with Gasteiger partial charge in [0.1, 0.15) is 0 Å². The molecule has 2 aromatic carbocycles. The summed E-state index contributed by atoms with van der Waals surface area (Å²) in [5.74, 6) is -11.3. The van der Waals surface area contributed by atoms with Gasteiger partial charge in [-0.05, 0) is 6.07 Å². The summed E-state index contributed by atoms with van der Waals surface area (Å²) in [4.78, 5) is 14.9. The lowest BCUT2D eigenvalue weighted by Crippen LogP contribution is -2.18. The molecule has 0 radical (unpaired) electrons. The Morgan fingerprint density at radius 3 is 2.24 bits per heavy atom. The first-order valence-electron chi connectivity index (χ1n) is 6.82. The molecule has 0 bridgehead atoms. The molecule has 0 spiro atoms. The summed E-state index contributed by atoms with van der Waals surface area (Å²) in [6.45, 7) is 0. The van der Waals surface area contributed by atoms with Crippen LogP contribution in [-0.2, 0) is 0 Å². The van der Waals surface area contributed by atoms with Gasteiger partial charge < -0.3 is 4.98 Å². The zero-order valence-electron chi connectivity index (χ0n) is 12.2. The number of carbonyl (C=O) groups excluding carboxylic acids is 1. The van der Waals surface area contributed by atoms with E-state index in [1.54, 1.807) is 24.3 Å². The maximum atomic E-state index is 13.5. The summed E-state index contributed by atoms with van der Waals surface area (Å²) in [6.07, 6.45) is 1.75. The van der Waals surface area contributed by atoms with Crippen molar-refractivity contribution in [1.29, 1.82) is 0 Å². The van der Waals surface area contributed by atoms with Crippen molar-refractivity contribution < 1.29 is 26.7 Å². The highest BCUT2D eigenvalue weighted by atomic mass is 19.2. The molecule has 0 atom stereocenters. The third-order valence-electron chi connectivity index (χ3n) is 3.44. The molecule has 0 fully saturated rings. The molecule has 0 saturated carbocycles. The lowest BCUT2D eigenvalue weighted by molar-refractivity contribution is 0.0957. The van der Waals surface area contributed by atoms with Crippen LogP contribution >= 0.6 is 0 Å². The summed E-state index contributed by atoms with van der Waals surface area (Å²) in [5, 5.41) is 3.84. The maximum Gasteiger partial charge on any atom is 0.273 e. The molecule has 2 N–H and O–H groups in total. The second-order valence-corrected chi connectivity index (χ2v) is 4.93. The van der Waals surface area contributed by atoms with Crippen LogP contribution in [0.1, 0.15) is 15.9 Å². The zero-order valence-corrected chi connectivity index (χ0v) is 12.2. The van der Waals surface area contributed by atoms with E-state index in [9.17, 15) is 26.7 Å². The van der Waals surface area contributed by atoms with Crippen LogP contribution in [0.2, 0.25) is 0 Å². The molecule has 0 saturated heterocycles. The number of hydrogen-bond acceptors (Lipinski definition) is 2. The molecule has 0 aliphatic carbocycles. The van der Waals surface area contributed by atoms with Crippen LogP contribution in [0, 0.1) is 29.1 Å². The Morgan fingerprint density at radius 2 is 1.56 bits per heavy atom. The molecule has 128 valence electrons. The fourth-order valence-electron chi connectivity index (χ4n) is 2.21. The van der Waals surface area contributed by atoms with Gasteiger partial charge in [-0.15, -0.1) is 0 Å². The Kier molecular flexibility index (Phi) is 4.22. The van der Waals surface area contributed by atoms with Crippen LogP contribution in [-0.4, -0.2) is 17.1 Å². The third-order valence-corrected chi connectivity index (χ3v) is 3.44. The van der Waals surface area contributed by atoms with Gasteiger partial charge in [-0.25, -0.2) is 27.4 Å². The van der Waals surface area contributed by atoms with E-state index in [0.29, 0.717) is 17.1 Å². The first-order valence-corrected chi connectivity index (χ1v) is 6.82. The second-order valence-electron chi connectivity index (χ2n) is 4.93. The monoisotopic (exact) mass is 353 g/mol. The highest BCUT2D eigenvalue weighted by molar-refractivity contribution is 6.06. The van der Waals surface area contributed by atoms with E-state index >= 15 is 0 Å². The number of nitrogens with one attached hydrogen (secondary N) is 2. The number of hydrazone groups is 1. The van der Waals surface area contributed by atoms with E-state index in [4.69, 9.17) is 0 Å². The molecular formula is C16H8F5N3O. The Labute approximate surface area is 137 Å². The minimum absolute atomic E-state index is 0.199. The van der Waals surface area contributed by atoms with Gasteiger partial charge in [-0.3, -0.25) is 4.79 Å². The number of carbonyl (C=O) groups is 1. The van der Waals surface area contributed by atoms with Crippen molar-refractivity contribution in [1.82, 2.24) is 10.4 Å². The summed E-state index contributed by atoms with van der Waals surface area (Å²) in [6, 6.07) is 6.84. The predicted octanol–water partition coefficient (Wildman–Crippen LogP) is 3.63. The minimum atomic E-state index is -2.27. The number of benzene rings is 2. The van der Waals surface area contributed by atoms with Crippen molar-refractivity contribution in [2.75, 3.05) is 0 Å². The highest BCUT2D eigenvalue weighted by Crippen LogP contribution is 2.21. The topological polar surface area (TPSA) is 57.2 Å². The van der Waals surface area contributed by atoms with Gasteiger partial charge in [0, 0.05) is 17.1 Å². The van der Waals surface area contributed by atoms with Crippen molar-refractivity contribution >= 4 is 23.0 Å². The van der Waals surface area contributed by atoms with Gasteiger partial charge in [0.2, 0.25) is 5.82 Å². The van der Waals surface area contributed by atoms with Crippen LogP contribution < -0.4 is 5.43 Å². The Bertz CT molecular complexity index is 983. The Morgan fingerprint density at radius 1 is 0.960 bits per heavy atom. The van der Waals surface area contributed by atoms with Crippen molar-refractivity contribution in [3.63, 3.8) is 0 Å². The van der Waals surface area contributed by atoms with E-state index in [-0.39, 0.29) is 5.56 Å². The number of aromatic nitrogens is 1. The standard InChI is InChI=1S/C16H8F5N3O/c17-11-9(12(18)14(20)15(21)13(11)19)6-23-24-16(25)8-5-22-10-4-2-1-3-7(8)10/h1-6,22H,(H,24,25). The van der Waals surface area contributed by atoms with Gasteiger partial charge in [0.15, 0.2) is 23.3 Å². The molecule has 1 aromatic heterocycles. The van der Waals surface area contributed by atoms with E-state index in [2.05, 4.69) is 10.1 Å². The summed E-state index contributed by atoms with van der Waals surface area (Å²) in [7, 11) is 0. The molecule has 4 nitrogen and oxygen atoms in total. The first-order chi connectivity index (χ1) is 11.9. The number of aromatic amines is 1. The number of rotatable bonds is 3. The lowest BCUT2D eigenvalue weighted by atomic mass is 10.2. The number of fused-ring (bicyclic) bond motifs is 1. The Balaban J connectivity index is 1.86. The number of H-pyrrole nitrogens is 1. The molecule has 3 aromatic rings. The maximum absolute atomic E-state index is 13.5. The molecule has 0 aliphatic rings. The summed E-state index contributed by atoms with van der Waals surface area (Å²) in [5.41, 5.74) is 1.59. The Hall–Kier alpha value is -3.23. The first kappa shape index (κ1) is 16.6. The number of amides is 1. The predicted molar refractivity (Wildman–Crippen MR) is 79.6 cm³/mol. The highest BCUT2D eigenvalue weighted by Gasteiger charge is 2.24. The SMILES string of the molecule is O=C(NN=Cc1c(F)c(F)c(F)c(F)c1F)c1c[nH]c2ccccc12. The average molecular weight is 353 g/mol. The van der Waals surface area contributed by atoms with Gasteiger partial charge >= 0.3 is 0 Å². The van der Waals surface area contributed by atoms with Gasteiger partial charge in [0.25, 0.3) is 5.91 Å². The molecule has 0 unspecified atom stereocenters. The molecule has 1 heterocycles. The van der Waals surface area contributed by atoms with Crippen molar-refractivity contribution in [2.45, 2.75) is 0 Å². The second kappa shape index (κ2) is 6.34. The quantitative estimate of drug-likeness (QED) is 0.244. The fourth-order valence-corrected chi connectivity index (χ4v) is 2.21. The lowest BCUT2D eigenvalue weighted by Gasteiger charge is -2.04. The van der Waals surface area contributed by atoms with Crippen LogP contribution in [0.3, 0.4) is 0 Å². The number of para-hydroxylation sites is 1. The fraction of sp³-hybridized carbons (Fsp3) is 0. The molecular weight excluding hydrogens is 345 g/mol. The smallest absolute Gasteiger partial charge is 0.273 e. The molecule has 9 heteroatoms. The molecule has 0 aliphatic heterocycles.